The van der Waals surface area contributed by atoms with E-state index in [0.29, 0.717) is 31.6 Å². The summed E-state index contributed by atoms with van der Waals surface area (Å²) >= 11 is 0. The number of carbonyl (C=O) groups excluding carboxylic acids is 1. The molecule has 0 spiro atoms. The predicted molar refractivity (Wildman–Crippen MR) is 87.3 cm³/mol. The van der Waals surface area contributed by atoms with Gasteiger partial charge in [-0.3, -0.25) is 0 Å². The molecule has 0 heterocycles. The number of benzene rings is 1. The highest BCUT2D eigenvalue weighted by Crippen LogP contribution is 2.14. The summed E-state index contributed by atoms with van der Waals surface area (Å²) in [6, 6.07) is 7.05. The number of ether oxygens (including phenoxy) is 2. The van der Waals surface area contributed by atoms with Crippen LogP contribution in [-0.2, 0) is 4.74 Å². The third kappa shape index (κ3) is 8.03. The van der Waals surface area contributed by atoms with Crippen molar-refractivity contribution in [2.24, 2.45) is 0 Å². The third-order valence-electron chi connectivity index (χ3n) is 3.39. The van der Waals surface area contributed by atoms with Crippen LogP contribution in [0.4, 0.5) is 0 Å². The lowest BCUT2D eigenvalue weighted by Gasteiger charge is -2.07. The molecule has 1 aromatic rings. The Morgan fingerprint density at radius 1 is 0.955 bits per heavy atom. The van der Waals surface area contributed by atoms with Crippen LogP contribution in [0, 0.1) is 0 Å². The van der Waals surface area contributed by atoms with Gasteiger partial charge in [0.2, 0.25) is 0 Å². The van der Waals surface area contributed by atoms with E-state index < -0.39 is 0 Å². The maximum atomic E-state index is 11.8. The van der Waals surface area contributed by atoms with E-state index >= 15 is 0 Å². The molecule has 0 amide bonds. The summed E-state index contributed by atoms with van der Waals surface area (Å²) in [5.41, 5.74) is 0.527. The lowest BCUT2D eigenvalue weighted by molar-refractivity contribution is 0.0492. The van der Waals surface area contributed by atoms with Crippen LogP contribution in [0.2, 0.25) is 0 Å². The molecule has 0 unspecified atom stereocenters. The molecule has 0 aromatic heterocycles. The van der Waals surface area contributed by atoms with Crippen molar-refractivity contribution in [3.05, 3.63) is 29.8 Å². The fourth-order valence-corrected chi connectivity index (χ4v) is 2.04. The van der Waals surface area contributed by atoms with E-state index in [2.05, 4.69) is 6.92 Å². The van der Waals surface area contributed by atoms with Gasteiger partial charge in [0.25, 0.3) is 0 Å². The molecule has 0 saturated heterocycles. The molecular weight excluding hydrogens is 280 g/mol. The lowest BCUT2D eigenvalue weighted by Crippen LogP contribution is -2.07. The number of rotatable bonds is 12. The van der Waals surface area contributed by atoms with Gasteiger partial charge in [-0.1, -0.05) is 32.6 Å². The molecule has 4 heteroatoms. The molecule has 1 aromatic carbocycles. The van der Waals surface area contributed by atoms with E-state index in [4.69, 9.17) is 14.6 Å². The Hall–Kier alpha value is -1.55. The van der Waals surface area contributed by atoms with Gasteiger partial charge in [-0.15, -0.1) is 0 Å². The zero-order valence-corrected chi connectivity index (χ0v) is 13.6. The summed E-state index contributed by atoms with van der Waals surface area (Å²) in [4.78, 5) is 11.8. The van der Waals surface area contributed by atoms with Crippen molar-refractivity contribution >= 4 is 5.97 Å². The molecule has 0 aliphatic rings. The number of aliphatic hydroxyl groups is 1. The van der Waals surface area contributed by atoms with Gasteiger partial charge in [0.15, 0.2) is 0 Å². The van der Waals surface area contributed by atoms with Gasteiger partial charge >= 0.3 is 5.97 Å². The molecule has 0 saturated carbocycles. The summed E-state index contributed by atoms with van der Waals surface area (Å²) in [7, 11) is 0. The van der Waals surface area contributed by atoms with E-state index in [1.54, 1.807) is 24.3 Å². The zero-order valence-electron chi connectivity index (χ0n) is 13.6. The second-order valence-electron chi connectivity index (χ2n) is 5.35. The molecule has 0 aliphatic heterocycles. The van der Waals surface area contributed by atoms with E-state index in [9.17, 15) is 4.79 Å². The minimum atomic E-state index is -0.330. The summed E-state index contributed by atoms with van der Waals surface area (Å²) in [5.74, 6) is 0.455. The molecule has 0 atom stereocenters. The minimum absolute atomic E-state index is 0.127. The van der Waals surface area contributed by atoms with Crippen LogP contribution in [0.5, 0.6) is 5.75 Å². The van der Waals surface area contributed by atoms with Crippen LogP contribution in [0.15, 0.2) is 24.3 Å². The third-order valence-corrected chi connectivity index (χ3v) is 3.39. The van der Waals surface area contributed by atoms with Crippen molar-refractivity contribution in [3.8, 4) is 5.75 Å². The average Bonchev–Trinajstić information content (AvgIpc) is 2.55. The van der Waals surface area contributed by atoms with Gasteiger partial charge < -0.3 is 14.6 Å². The van der Waals surface area contributed by atoms with Gasteiger partial charge in [-0.25, -0.2) is 4.79 Å². The van der Waals surface area contributed by atoms with Crippen molar-refractivity contribution in [2.75, 3.05) is 19.8 Å². The number of hydrogen-bond acceptors (Lipinski definition) is 4. The van der Waals surface area contributed by atoms with Crippen LogP contribution in [0.25, 0.3) is 0 Å². The molecule has 0 fully saturated rings. The quantitative estimate of drug-likeness (QED) is 0.469. The van der Waals surface area contributed by atoms with Gasteiger partial charge in [0.1, 0.15) is 5.75 Å². The number of hydrogen-bond donors (Lipinski definition) is 1. The minimum Gasteiger partial charge on any atom is -0.494 e. The molecule has 1 rings (SSSR count). The highest BCUT2D eigenvalue weighted by atomic mass is 16.5. The Balaban J connectivity index is 2.23. The van der Waals surface area contributed by atoms with Crippen LogP contribution >= 0.6 is 0 Å². The van der Waals surface area contributed by atoms with Crippen molar-refractivity contribution < 1.29 is 19.4 Å². The van der Waals surface area contributed by atoms with Crippen LogP contribution < -0.4 is 4.74 Å². The first kappa shape index (κ1) is 18.5. The standard InChI is InChI=1S/C18H28O4/c1-2-3-4-5-7-14-21-17-11-9-16(10-12-17)18(20)22-15-8-6-13-19/h9-12,19H,2-8,13-15H2,1H3. The largest absolute Gasteiger partial charge is 0.494 e. The predicted octanol–water partition coefficient (Wildman–Crippen LogP) is 3.97. The number of aliphatic hydroxyl groups excluding tert-OH is 1. The molecule has 4 nitrogen and oxygen atoms in total. The lowest BCUT2D eigenvalue weighted by atomic mass is 10.2. The van der Waals surface area contributed by atoms with Crippen LogP contribution in [-0.4, -0.2) is 30.9 Å². The molecule has 0 radical (unpaired) electrons. The molecule has 0 aliphatic carbocycles. The Kier molecular flexibility index (Phi) is 10.1. The summed E-state index contributed by atoms with van der Waals surface area (Å²) in [5, 5.41) is 8.66. The van der Waals surface area contributed by atoms with Crippen molar-refractivity contribution in [1.82, 2.24) is 0 Å². The Morgan fingerprint density at radius 2 is 1.64 bits per heavy atom. The molecule has 22 heavy (non-hydrogen) atoms. The van der Waals surface area contributed by atoms with Gasteiger partial charge in [-0.2, -0.15) is 0 Å². The van der Waals surface area contributed by atoms with E-state index in [0.717, 1.165) is 12.2 Å². The zero-order chi connectivity index (χ0) is 16.0. The van der Waals surface area contributed by atoms with E-state index in [1.807, 2.05) is 0 Å². The fourth-order valence-electron chi connectivity index (χ4n) is 2.04. The van der Waals surface area contributed by atoms with Gasteiger partial charge in [0, 0.05) is 6.61 Å². The average molecular weight is 308 g/mol. The molecule has 124 valence electrons. The van der Waals surface area contributed by atoms with Crippen LogP contribution in [0.1, 0.15) is 62.2 Å². The molecule has 1 N–H and O–H groups in total. The smallest absolute Gasteiger partial charge is 0.338 e. The van der Waals surface area contributed by atoms with Crippen LogP contribution in [0.3, 0.4) is 0 Å². The Morgan fingerprint density at radius 3 is 2.32 bits per heavy atom. The number of esters is 1. The normalized spacial score (nSPS) is 10.5. The maximum Gasteiger partial charge on any atom is 0.338 e. The van der Waals surface area contributed by atoms with E-state index in [1.165, 1.54) is 25.7 Å². The van der Waals surface area contributed by atoms with Crippen molar-refractivity contribution in [3.63, 3.8) is 0 Å². The molecular formula is C18H28O4. The number of unbranched alkanes of at least 4 members (excludes halogenated alkanes) is 5. The summed E-state index contributed by atoms with van der Waals surface area (Å²) in [6.07, 6.45) is 7.40. The first-order chi connectivity index (χ1) is 10.8. The van der Waals surface area contributed by atoms with Gasteiger partial charge in [-0.05, 0) is 43.5 Å². The summed E-state index contributed by atoms with van der Waals surface area (Å²) < 4.78 is 10.8. The second kappa shape index (κ2) is 12.0. The Labute approximate surface area is 133 Å². The molecule has 0 bridgehead atoms. The van der Waals surface area contributed by atoms with Crippen molar-refractivity contribution in [1.29, 1.82) is 0 Å². The highest BCUT2D eigenvalue weighted by Gasteiger charge is 2.06. The Bertz CT molecular complexity index is 400. The fraction of sp³-hybridized carbons (Fsp3) is 0.611. The first-order valence-corrected chi connectivity index (χ1v) is 8.28. The van der Waals surface area contributed by atoms with E-state index in [-0.39, 0.29) is 12.6 Å². The maximum absolute atomic E-state index is 11.8. The van der Waals surface area contributed by atoms with Crippen molar-refractivity contribution in [2.45, 2.75) is 51.9 Å². The monoisotopic (exact) mass is 308 g/mol. The second-order valence-corrected chi connectivity index (χ2v) is 5.35. The highest BCUT2D eigenvalue weighted by molar-refractivity contribution is 5.89. The van der Waals surface area contributed by atoms with Gasteiger partial charge in [0.05, 0.1) is 18.8 Å². The SMILES string of the molecule is CCCCCCCOc1ccc(C(=O)OCCCCO)cc1. The topological polar surface area (TPSA) is 55.8 Å². The summed E-state index contributed by atoms with van der Waals surface area (Å²) in [6.45, 7) is 3.39. The number of carbonyl (C=O) groups is 1. The first-order valence-electron chi connectivity index (χ1n) is 8.28.